The highest BCUT2D eigenvalue weighted by atomic mass is 16.5. The Balaban J connectivity index is 1.68. The van der Waals surface area contributed by atoms with E-state index in [4.69, 9.17) is 4.52 Å². The monoisotopic (exact) mass is 328 g/mol. The van der Waals surface area contributed by atoms with Crippen molar-refractivity contribution in [1.29, 1.82) is 0 Å². The van der Waals surface area contributed by atoms with Crippen LogP contribution in [0.5, 0.6) is 0 Å². The normalized spacial score (nSPS) is 17.8. The van der Waals surface area contributed by atoms with E-state index in [1.54, 1.807) is 6.92 Å². The summed E-state index contributed by atoms with van der Waals surface area (Å²) in [6.07, 6.45) is 3.40. The topological polar surface area (TPSA) is 71.3 Å². The number of hydrogen-bond acceptors (Lipinski definition) is 5. The van der Waals surface area contributed by atoms with E-state index in [0.29, 0.717) is 24.3 Å². The van der Waals surface area contributed by atoms with Crippen LogP contribution in [0.1, 0.15) is 53.8 Å². The maximum atomic E-state index is 12.7. The number of hydrogen-bond donors (Lipinski definition) is 1. The number of likely N-dealkylation sites (tertiary alicyclic amines) is 1. The lowest BCUT2D eigenvalue weighted by molar-refractivity contribution is 0.0635. The number of piperidine rings is 1. The van der Waals surface area contributed by atoms with Crippen LogP contribution in [0.3, 0.4) is 0 Å². The third-order valence-electron chi connectivity index (χ3n) is 4.54. The van der Waals surface area contributed by atoms with Crippen molar-refractivity contribution in [3.8, 4) is 0 Å². The van der Waals surface area contributed by atoms with Gasteiger partial charge in [-0.25, -0.2) is 0 Å². The van der Waals surface area contributed by atoms with Gasteiger partial charge in [-0.05, 0) is 63.8 Å². The molecule has 0 aliphatic carbocycles. The van der Waals surface area contributed by atoms with Gasteiger partial charge in [0.15, 0.2) is 5.82 Å². The summed E-state index contributed by atoms with van der Waals surface area (Å²) in [6.45, 7) is 7.25. The molecule has 1 aromatic heterocycles. The lowest BCUT2D eigenvalue weighted by Crippen LogP contribution is -2.42. The Bertz CT molecular complexity index is 726. The molecule has 0 radical (unpaired) electrons. The van der Waals surface area contributed by atoms with Gasteiger partial charge >= 0.3 is 0 Å². The molecule has 2 aromatic rings. The number of amides is 1. The molecule has 128 valence electrons. The number of nitrogens with zero attached hydrogens (tertiary/aromatic N) is 3. The van der Waals surface area contributed by atoms with Crippen LogP contribution in [-0.2, 0) is 6.54 Å². The quantitative estimate of drug-likeness (QED) is 0.932. The molecule has 6 heteroatoms. The van der Waals surface area contributed by atoms with Gasteiger partial charge in [-0.1, -0.05) is 5.16 Å². The maximum Gasteiger partial charge on any atom is 0.254 e. The first kappa shape index (κ1) is 16.5. The number of anilines is 1. The summed E-state index contributed by atoms with van der Waals surface area (Å²) in [5.41, 5.74) is 2.75. The van der Waals surface area contributed by atoms with Crippen LogP contribution in [-0.4, -0.2) is 33.5 Å². The molecule has 2 heterocycles. The minimum Gasteiger partial charge on any atom is -0.376 e. The van der Waals surface area contributed by atoms with Gasteiger partial charge in [-0.3, -0.25) is 4.79 Å². The van der Waals surface area contributed by atoms with Gasteiger partial charge in [0, 0.05) is 23.8 Å². The van der Waals surface area contributed by atoms with Gasteiger partial charge in [0.05, 0.1) is 6.54 Å². The van der Waals surface area contributed by atoms with Gasteiger partial charge in [0.25, 0.3) is 5.91 Å². The van der Waals surface area contributed by atoms with E-state index in [1.807, 2.05) is 30.0 Å². The molecular weight excluding hydrogens is 304 g/mol. The van der Waals surface area contributed by atoms with Crippen LogP contribution in [0, 0.1) is 13.8 Å². The highest BCUT2D eigenvalue weighted by Gasteiger charge is 2.24. The van der Waals surface area contributed by atoms with E-state index in [9.17, 15) is 4.79 Å². The highest BCUT2D eigenvalue weighted by Crippen LogP contribution is 2.22. The smallest absolute Gasteiger partial charge is 0.254 e. The summed E-state index contributed by atoms with van der Waals surface area (Å²) in [5, 5.41) is 7.05. The molecule has 0 spiro atoms. The number of benzene rings is 1. The second-order valence-corrected chi connectivity index (χ2v) is 6.46. The average Bonchev–Trinajstić information content (AvgIpc) is 2.99. The van der Waals surface area contributed by atoms with Gasteiger partial charge < -0.3 is 14.7 Å². The predicted octanol–water partition coefficient (Wildman–Crippen LogP) is 3.31. The first-order chi connectivity index (χ1) is 11.5. The minimum atomic E-state index is 0.129. The zero-order valence-corrected chi connectivity index (χ0v) is 14.5. The summed E-state index contributed by atoms with van der Waals surface area (Å²) in [5.74, 6) is 1.30. The van der Waals surface area contributed by atoms with Crippen LogP contribution >= 0.6 is 0 Å². The average molecular weight is 328 g/mol. The third kappa shape index (κ3) is 3.58. The minimum absolute atomic E-state index is 0.129. The van der Waals surface area contributed by atoms with E-state index in [1.165, 1.54) is 6.42 Å². The van der Waals surface area contributed by atoms with Gasteiger partial charge in [0.2, 0.25) is 5.89 Å². The Morgan fingerprint density at radius 2 is 2.21 bits per heavy atom. The Kier molecular flexibility index (Phi) is 4.83. The molecule has 1 saturated heterocycles. The van der Waals surface area contributed by atoms with Crippen molar-refractivity contribution in [2.45, 2.75) is 52.6 Å². The first-order valence-electron chi connectivity index (χ1n) is 8.49. The Morgan fingerprint density at radius 3 is 2.88 bits per heavy atom. The van der Waals surface area contributed by atoms with Gasteiger partial charge in [-0.15, -0.1) is 0 Å². The molecule has 6 nitrogen and oxygen atoms in total. The Morgan fingerprint density at radius 1 is 1.38 bits per heavy atom. The van der Waals surface area contributed by atoms with Gasteiger partial charge in [0.1, 0.15) is 0 Å². The third-order valence-corrected chi connectivity index (χ3v) is 4.54. The SMILES string of the molecule is Cc1noc(CNc2ccc(C(=O)N3CCCC[C@H]3C)cc2C)n1. The molecule has 0 unspecified atom stereocenters. The molecule has 1 atom stereocenters. The number of aryl methyl sites for hydroxylation is 2. The number of aromatic nitrogens is 2. The van der Waals surface area contributed by atoms with Crippen molar-refractivity contribution in [3.05, 3.63) is 41.0 Å². The fourth-order valence-corrected chi connectivity index (χ4v) is 3.14. The van der Waals surface area contributed by atoms with E-state index < -0.39 is 0 Å². The maximum absolute atomic E-state index is 12.7. The largest absolute Gasteiger partial charge is 0.376 e. The van der Waals surface area contributed by atoms with Crippen LogP contribution in [0.15, 0.2) is 22.7 Å². The lowest BCUT2D eigenvalue weighted by Gasteiger charge is -2.33. The van der Waals surface area contributed by atoms with Crippen LogP contribution < -0.4 is 5.32 Å². The molecule has 1 aromatic carbocycles. The second-order valence-electron chi connectivity index (χ2n) is 6.46. The Hall–Kier alpha value is -2.37. The lowest BCUT2D eigenvalue weighted by atomic mass is 10.0. The fourth-order valence-electron chi connectivity index (χ4n) is 3.14. The number of nitrogens with one attached hydrogen (secondary N) is 1. The molecule has 3 rings (SSSR count). The van der Waals surface area contributed by atoms with Crippen molar-refractivity contribution in [2.24, 2.45) is 0 Å². The van der Waals surface area contributed by atoms with Gasteiger partial charge in [-0.2, -0.15) is 4.98 Å². The molecule has 0 saturated carbocycles. The number of carbonyl (C=O) groups excluding carboxylic acids is 1. The van der Waals surface area contributed by atoms with E-state index in [-0.39, 0.29) is 5.91 Å². The molecule has 0 bridgehead atoms. The van der Waals surface area contributed by atoms with Crippen molar-refractivity contribution in [2.75, 3.05) is 11.9 Å². The zero-order chi connectivity index (χ0) is 17.1. The highest BCUT2D eigenvalue weighted by molar-refractivity contribution is 5.95. The Labute approximate surface area is 142 Å². The van der Waals surface area contributed by atoms with Crippen LogP contribution in [0.25, 0.3) is 0 Å². The second kappa shape index (κ2) is 7.03. The summed E-state index contributed by atoms with van der Waals surface area (Å²) in [4.78, 5) is 18.9. The zero-order valence-electron chi connectivity index (χ0n) is 14.5. The summed E-state index contributed by atoms with van der Waals surface area (Å²) < 4.78 is 5.09. The van der Waals surface area contributed by atoms with Crippen molar-refractivity contribution in [1.82, 2.24) is 15.0 Å². The molecule has 24 heavy (non-hydrogen) atoms. The standard InChI is InChI=1S/C18H24N4O2/c1-12-10-15(18(23)22-9-5-4-6-13(22)2)7-8-16(12)19-11-17-20-14(3)21-24-17/h7-8,10,13,19H,4-6,9,11H2,1-3H3/t13-/m1/s1. The fraction of sp³-hybridized carbons (Fsp3) is 0.500. The summed E-state index contributed by atoms with van der Waals surface area (Å²) in [7, 11) is 0. The van der Waals surface area contributed by atoms with Crippen molar-refractivity contribution in [3.63, 3.8) is 0 Å². The molecular formula is C18H24N4O2. The molecule has 1 N–H and O–H groups in total. The van der Waals surface area contributed by atoms with E-state index in [0.717, 1.165) is 36.2 Å². The number of rotatable bonds is 4. The van der Waals surface area contributed by atoms with E-state index >= 15 is 0 Å². The van der Waals surface area contributed by atoms with E-state index in [2.05, 4.69) is 22.4 Å². The summed E-state index contributed by atoms with van der Waals surface area (Å²) >= 11 is 0. The van der Waals surface area contributed by atoms with Crippen molar-refractivity contribution < 1.29 is 9.32 Å². The van der Waals surface area contributed by atoms with Crippen LogP contribution in [0.2, 0.25) is 0 Å². The summed E-state index contributed by atoms with van der Waals surface area (Å²) in [6, 6.07) is 6.11. The molecule has 1 fully saturated rings. The van der Waals surface area contributed by atoms with Crippen LogP contribution in [0.4, 0.5) is 5.69 Å². The molecule has 1 aliphatic rings. The predicted molar refractivity (Wildman–Crippen MR) is 91.9 cm³/mol. The first-order valence-corrected chi connectivity index (χ1v) is 8.49. The molecule has 1 aliphatic heterocycles. The van der Waals surface area contributed by atoms with Crippen molar-refractivity contribution >= 4 is 11.6 Å². The molecule has 1 amide bonds. The number of carbonyl (C=O) groups is 1.